The molecule has 3 rings (SSSR count). The molecule has 2 saturated carbocycles. The highest BCUT2D eigenvalue weighted by atomic mass is 19.3. The molecule has 0 bridgehead atoms. The molecule has 0 spiro atoms. The van der Waals surface area contributed by atoms with Crippen LogP contribution in [0.15, 0.2) is 30.3 Å². The predicted octanol–water partition coefficient (Wildman–Crippen LogP) is 4.56. The van der Waals surface area contributed by atoms with Crippen LogP contribution in [0.2, 0.25) is 0 Å². The molecule has 0 heterocycles. The molecule has 1 aromatic carbocycles. The van der Waals surface area contributed by atoms with E-state index in [1.165, 1.54) is 0 Å². The maximum Gasteiger partial charge on any atom is 0.250 e. The van der Waals surface area contributed by atoms with Crippen LogP contribution in [0.25, 0.3) is 0 Å². The number of aliphatic hydroxyl groups is 1. The van der Waals surface area contributed by atoms with Gasteiger partial charge in [0.05, 0.1) is 18.8 Å². The van der Waals surface area contributed by atoms with E-state index in [0.717, 1.165) is 5.56 Å². The first-order valence-electron chi connectivity index (χ1n) is 7.85. The number of hydrogen-bond donors (Lipinski definition) is 1. The van der Waals surface area contributed by atoms with Crippen LogP contribution in [0.5, 0.6) is 0 Å². The van der Waals surface area contributed by atoms with Crippen LogP contribution < -0.4 is 0 Å². The highest BCUT2D eigenvalue weighted by Crippen LogP contribution is 2.36. The predicted molar refractivity (Wildman–Crippen MR) is 78.6 cm³/mol. The molecule has 2 aliphatic rings. The normalized spacial score (nSPS) is 28.2. The van der Waals surface area contributed by atoms with Gasteiger partial charge in [-0.3, -0.25) is 0 Å². The summed E-state index contributed by atoms with van der Waals surface area (Å²) in [4.78, 5) is 0. The summed E-state index contributed by atoms with van der Waals surface area (Å²) in [5.74, 6) is -5.10. The summed E-state index contributed by atoms with van der Waals surface area (Å²) in [6.07, 6.45) is -0.953. The van der Waals surface area contributed by atoms with E-state index in [1.54, 1.807) is 0 Å². The first kappa shape index (κ1) is 18.2. The third-order valence-corrected chi connectivity index (χ3v) is 4.06. The van der Waals surface area contributed by atoms with Crippen molar-refractivity contribution in [1.29, 1.82) is 0 Å². The molecule has 0 saturated heterocycles. The Balaban J connectivity index is 0.000000203. The quantitative estimate of drug-likeness (QED) is 0.821. The first-order chi connectivity index (χ1) is 10.8. The summed E-state index contributed by atoms with van der Waals surface area (Å²) < 4.78 is 55.2. The Morgan fingerprint density at radius 3 is 2.00 bits per heavy atom. The topological polar surface area (TPSA) is 29.5 Å². The van der Waals surface area contributed by atoms with Gasteiger partial charge in [-0.15, -0.1) is 0 Å². The first-order valence-corrected chi connectivity index (χ1v) is 7.85. The van der Waals surface area contributed by atoms with E-state index in [-0.39, 0.29) is 38.2 Å². The van der Waals surface area contributed by atoms with Crippen LogP contribution in [0.3, 0.4) is 0 Å². The van der Waals surface area contributed by atoms with E-state index in [0.29, 0.717) is 13.0 Å². The van der Waals surface area contributed by atoms with Gasteiger partial charge >= 0.3 is 0 Å². The van der Waals surface area contributed by atoms with Gasteiger partial charge in [0.25, 0.3) is 11.8 Å². The van der Waals surface area contributed by atoms with Gasteiger partial charge in [0.15, 0.2) is 0 Å². The molecule has 2 aliphatic carbocycles. The minimum atomic E-state index is -2.58. The van der Waals surface area contributed by atoms with Crippen molar-refractivity contribution < 1.29 is 27.4 Å². The van der Waals surface area contributed by atoms with Crippen molar-refractivity contribution in [3.05, 3.63) is 35.9 Å². The number of aliphatic hydroxyl groups excluding tert-OH is 1. The van der Waals surface area contributed by atoms with E-state index in [9.17, 15) is 17.6 Å². The molecule has 1 aromatic rings. The molecular formula is C17H22F4O2. The Morgan fingerprint density at radius 2 is 1.57 bits per heavy atom. The smallest absolute Gasteiger partial charge is 0.250 e. The summed E-state index contributed by atoms with van der Waals surface area (Å²) in [6.45, 7) is 0.432. The highest BCUT2D eigenvalue weighted by Gasteiger charge is 2.40. The fourth-order valence-electron chi connectivity index (χ4n) is 2.77. The number of rotatable bonds is 3. The molecule has 2 nitrogen and oxygen atoms in total. The molecule has 130 valence electrons. The number of alkyl halides is 4. The zero-order valence-corrected chi connectivity index (χ0v) is 12.9. The molecule has 0 aromatic heterocycles. The van der Waals surface area contributed by atoms with Crippen LogP contribution in [-0.2, 0) is 11.3 Å². The summed E-state index contributed by atoms with van der Waals surface area (Å²) in [7, 11) is 0. The van der Waals surface area contributed by atoms with Crippen LogP contribution in [0.4, 0.5) is 17.6 Å². The van der Waals surface area contributed by atoms with Crippen molar-refractivity contribution in [2.45, 2.75) is 69.2 Å². The average molecular weight is 334 g/mol. The molecule has 2 atom stereocenters. The Hall–Kier alpha value is -1.14. The largest absolute Gasteiger partial charge is 0.393 e. The van der Waals surface area contributed by atoms with Crippen molar-refractivity contribution in [1.82, 2.24) is 0 Å². The molecular weight excluding hydrogens is 312 g/mol. The second-order valence-corrected chi connectivity index (χ2v) is 6.27. The standard InChI is InChI=1S/C12H14F2O.C5H8F2O/c13-12(14)7-6-11(8-12)15-9-10-4-2-1-3-5-10;6-5(7)2-1-4(8)3-5/h1-5,11H,6-9H2;4,8H,1-3H2. The minimum Gasteiger partial charge on any atom is -0.393 e. The Labute approximate surface area is 133 Å². The lowest BCUT2D eigenvalue weighted by Crippen LogP contribution is -2.14. The highest BCUT2D eigenvalue weighted by molar-refractivity contribution is 5.13. The molecule has 2 unspecified atom stereocenters. The number of halogens is 4. The van der Waals surface area contributed by atoms with Crippen molar-refractivity contribution in [2.24, 2.45) is 0 Å². The van der Waals surface area contributed by atoms with Crippen LogP contribution in [0, 0.1) is 0 Å². The monoisotopic (exact) mass is 334 g/mol. The van der Waals surface area contributed by atoms with E-state index >= 15 is 0 Å². The average Bonchev–Trinajstić information content (AvgIpc) is 2.99. The third-order valence-electron chi connectivity index (χ3n) is 4.06. The number of hydrogen-bond acceptors (Lipinski definition) is 2. The zero-order valence-electron chi connectivity index (χ0n) is 12.9. The van der Waals surface area contributed by atoms with Crippen molar-refractivity contribution in [2.75, 3.05) is 0 Å². The fourth-order valence-corrected chi connectivity index (χ4v) is 2.77. The van der Waals surface area contributed by atoms with Crippen LogP contribution in [0.1, 0.15) is 44.1 Å². The molecule has 6 heteroatoms. The summed E-state index contributed by atoms with van der Waals surface area (Å²) >= 11 is 0. The van der Waals surface area contributed by atoms with Gasteiger partial charge in [0, 0.05) is 25.7 Å². The fraction of sp³-hybridized carbons (Fsp3) is 0.647. The second-order valence-electron chi connectivity index (χ2n) is 6.27. The van der Waals surface area contributed by atoms with Gasteiger partial charge in [-0.1, -0.05) is 30.3 Å². The van der Waals surface area contributed by atoms with E-state index in [1.807, 2.05) is 30.3 Å². The molecule has 2 fully saturated rings. The maximum absolute atomic E-state index is 12.8. The molecule has 0 radical (unpaired) electrons. The van der Waals surface area contributed by atoms with Gasteiger partial charge in [0.1, 0.15) is 0 Å². The molecule has 0 aliphatic heterocycles. The minimum absolute atomic E-state index is 0.0353. The SMILES string of the molecule is FC1(F)CCC(OCc2ccccc2)C1.OC1CCC(F)(F)C1. The lowest BCUT2D eigenvalue weighted by atomic mass is 10.2. The number of ether oxygens (including phenoxy) is 1. The van der Waals surface area contributed by atoms with Crippen molar-refractivity contribution in [3.63, 3.8) is 0 Å². The molecule has 0 amide bonds. The van der Waals surface area contributed by atoms with E-state index in [2.05, 4.69) is 0 Å². The van der Waals surface area contributed by atoms with Gasteiger partial charge in [-0.25, -0.2) is 17.6 Å². The Morgan fingerprint density at radius 1 is 0.957 bits per heavy atom. The van der Waals surface area contributed by atoms with Crippen molar-refractivity contribution >= 4 is 0 Å². The number of benzene rings is 1. The Bertz CT molecular complexity index is 479. The Kier molecular flexibility index (Phi) is 6.03. The second kappa shape index (κ2) is 7.62. The molecule has 23 heavy (non-hydrogen) atoms. The zero-order chi connectivity index (χ0) is 16.9. The molecule has 1 N–H and O–H groups in total. The van der Waals surface area contributed by atoms with E-state index < -0.39 is 17.9 Å². The van der Waals surface area contributed by atoms with Gasteiger partial charge < -0.3 is 9.84 Å². The maximum atomic E-state index is 12.8. The van der Waals surface area contributed by atoms with Crippen LogP contribution in [-0.4, -0.2) is 29.2 Å². The van der Waals surface area contributed by atoms with Gasteiger partial charge in [-0.2, -0.15) is 0 Å². The van der Waals surface area contributed by atoms with Gasteiger partial charge in [-0.05, 0) is 18.4 Å². The van der Waals surface area contributed by atoms with Gasteiger partial charge in [0.2, 0.25) is 0 Å². The lowest BCUT2D eigenvalue weighted by Gasteiger charge is -2.11. The summed E-state index contributed by atoms with van der Waals surface area (Å²) in [6, 6.07) is 9.64. The summed E-state index contributed by atoms with van der Waals surface area (Å²) in [5, 5.41) is 8.58. The lowest BCUT2D eigenvalue weighted by molar-refractivity contribution is -0.0225. The van der Waals surface area contributed by atoms with Crippen LogP contribution >= 0.6 is 0 Å². The summed E-state index contributed by atoms with van der Waals surface area (Å²) in [5.41, 5.74) is 1.03. The van der Waals surface area contributed by atoms with Crippen molar-refractivity contribution in [3.8, 4) is 0 Å². The third kappa shape index (κ3) is 6.47. The van der Waals surface area contributed by atoms with E-state index in [4.69, 9.17) is 9.84 Å².